The molecule has 3 N–H and O–H groups in total. The van der Waals surface area contributed by atoms with Gasteiger partial charge in [-0.25, -0.2) is 13.1 Å². The van der Waals surface area contributed by atoms with Crippen molar-refractivity contribution in [3.63, 3.8) is 0 Å². The van der Waals surface area contributed by atoms with Gasteiger partial charge < -0.3 is 10.5 Å². The van der Waals surface area contributed by atoms with E-state index < -0.39 is 10.0 Å². The van der Waals surface area contributed by atoms with Crippen LogP contribution in [0.2, 0.25) is 5.02 Å². The number of anilines is 1. The molecule has 1 unspecified atom stereocenters. The highest BCUT2D eigenvalue weighted by Crippen LogP contribution is 2.26. The Morgan fingerprint density at radius 1 is 1.47 bits per heavy atom. The Hall–Kier alpha value is -0.820. The molecular formula is C12H17ClN2O3S. The molecule has 1 saturated heterocycles. The Morgan fingerprint density at radius 2 is 2.21 bits per heavy atom. The Labute approximate surface area is 118 Å². The minimum Gasteiger partial charge on any atom is -0.398 e. The fraction of sp³-hybridized carbons (Fsp3) is 0.500. The lowest BCUT2D eigenvalue weighted by Crippen LogP contribution is -2.40. The average Bonchev–Trinajstić information content (AvgIpc) is 2.34. The van der Waals surface area contributed by atoms with Gasteiger partial charge in [0.15, 0.2) is 0 Å². The summed E-state index contributed by atoms with van der Waals surface area (Å²) in [4.78, 5) is 0.128. The molecule has 1 aromatic carbocycles. The molecule has 1 atom stereocenters. The molecule has 1 aromatic rings. The van der Waals surface area contributed by atoms with Crippen LogP contribution in [-0.4, -0.2) is 27.7 Å². The molecule has 5 nitrogen and oxygen atoms in total. The number of benzene rings is 1. The van der Waals surface area contributed by atoms with E-state index in [-0.39, 0.29) is 10.9 Å². The third-order valence-corrected chi connectivity index (χ3v) is 5.00. The van der Waals surface area contributed by atoms with Crippen molar-refractivity contribution in [2.75, 3.05) is 18.9 Å². The summed E-state index contributed by atoms with van der Waals surface area (Å²) in [5, 5.41) is 0.309. The van der Waals surface area contributed by atoms with Crippen LogP contribution in [-0.2, 0) is 14.8 Å². The van der Waals surface area contributed by atoms with E-state index in [2.05, 4.69) is 4.72 Å². The number of nitrogens with two attached hydrogens (primary N) is 1. The molecule has 7 heteroatoms. The summed E-state index contributed by atoms with van der Waals surface area (Å²) in [6, 6.07) is 2.76. The van der Waals surface area contributed by atoms with Crippen LogP contribution in [0.15, 0.2) is 17.0 Å². The van der Waals surface area contributed by atoms with Gasteiger partial charge in [-0.1, -0.05) is 11.6 Å². The summed E-state index contributed by atoms with van der Waals surface area (Å²) in [6.07, 6.45) is 1.62. The average molecular weight is 305 g/mol. The van der Waals surface area contributed by atoms with Gasteiger partial charge in [0, 0.05) is 23.4 Å². The molecule has 0 aliphatic carbocycles. The normalized spacial score (nSPS) is 20.4. The SMILES string of the molecule is Cc1c(N)cc(Cl)cc1S(=O)(=O)NC1CCCOC1. The number of nitrogens with one attached hydrogen (secondary N) is 1. The second-order valence-corrected chi connectivity index (χ2v) is 6.77. The fourth-order valence-electron chi connectivity index (χ4n) is 2.07. The topological polar surface area (TPSA) is 81.4 Å². The number of sulfonamides is 1. The van der Waals surface area contributed by atoms with E-state index in [0.29, 0.717) is 29.5 Å². The second-order valence-electron chi connectivity index (χ2n) is 4.65. The molecule has 106 valence electrons. The minimum atomic E-state index is -3.63. The minimum absolute atomic E-state index is 0.128. The first-order valence-corrected chi connectivity index (χ1v) is 7.92. The van der Waals surface area contributed by atoms with E-state index in [0.717, 1.165) is 12.8 Å². The van der Waals surface area contributed by atoms with Gasteiger partial charge in [0.2, 0.25) is 10.0 Å². The third-order valence-electron chi connectivity index (χ3n) is 3.14. The Balaban J connectivity index is 2.28. The monoisotopic (exact) mass is 304 g/mol. The summed E-state index contributed by atoms with van der Waals surface area (Å²) in [6.45, 7) is 2.74. The van der Waals surface area contributed by atoms with Crippen LogP contribution in [0.25, 0.3) is 0 Å². The number of hydrogen-bond acceptors (Lipinski definition) is 4. The molecule has 2 rings (SSSR count). The highest BCUT2D eigenvalue weighted by atomic mass is 35.5. The number of nitrogen functional groups attached to an aromatic ring is 1. The van der Waals surface area contributed by atoms with Gasteiger partial charge in [0.1, 0.15) is 0 Å². The first-order valence-electron chi connectivity index (χ1n) is 6.06. The maximum atomic E-state index is 12.3. The molecule has 0 bridgehead atoms. The van der Waals surface area contributed by atoms with Crippen molar-refractivity contribution in [3.05, 3.63) is 22.7 Å². The molecule has 0 saturated carbocycles. The predicted molar refractivity (Wildman–Crippen MR) is 74.8 cm³/mol. The quantitative estimate of drug-likeness (QED) is 0.833. The van der Waals surface area contributed by atoms with Crippen molar-refractivity contribution in [2.45, 2.75) is 30.7 Å². The van der Waals surface area contributed by atoms with Gasteiger partial charge in [-0.05, 0) is 37.5 Å². The van der Waals surface area contributed by atoms with Gasteiger partial charge >= 0.3 is 0 Å². The number of ether oxygens (including phenoxy) is 1. The maximum absolute atomic E-state index is 12.3. The largest absolute Gasteiger partial charge is 0.398 e. The third kappa shape index (κ3) is 3.39. The molecule has 0 spiro atoms. The highest BCUT2D eigenvalue weighted by molar-refractivity contribution is 7.89. The van der Waals surface area contributed by atoms with Crippen LogP contribution in [0.5, 0.6) is 0 Å². The molecule has 0 aromatic heterocycles. The summed E-state index contributed by atoms with van der Waals surface area (Å²) >= 11 is 5.87. The molecule has 0 radical (unpaired) electrons. The van der Waals surface area contributed by atoms with Gasteiger partial charge in [0.25, 0.3) is 0 Å². The van der Waals surface area contributed by atoms with Gasteiger partial charge in [0.05, 0.1) is 11.5 Å². The Bertz CT molecular complexity index is 569. The van der Waals surface area contributed by atoms with Crippen molar-refractivity contribution in [2.24, 2.45) is 0 Å². The van der Waals surface area contributed by atoms with Crippen LogP contribution in [0.4, 0.5) is 5.69 Å². The lowest BCUT2D eigenvalue weighted by molar-refractivity contribution is 0.0774. The van der Waals surface area contributed by atoms with Crippen molar-refractivity contribution >= 4 is 27.3 Å². The molecule has 1 aliphatic heterocycles. The van der Waals surface area contributed by atoms with E-state index in [1.165, 1.54) is 6.07 Å². The van der Waals surface area contributed by atoms with E-state index in [1.807, 2.05) is 0 Å². The lowest BCUT2D eigenvalue weighted by atomic mass is 10.1. The summed E-state index contributed by atoms with van der Waals surface area (Å²) in [5.74, 6) is 0. The standard InChI is InChI=1S/C12H17ClN2O3S/c1-8-11(14)5-9(13)6-12(8)19(16,17)15-10-3-2-4-18-7-10/h5-6,10,15H,2-4,7,14H2,1H3. The molecule has 19 heavy (non-hydrogen) atoms. The number of hydrogen-bond donors (Lipinski definition) is 2. The zero-order valence-corrected chi connectivity index (χ0v) is 12.2. The van der Waals surface area contributed by atoms with Crippen LogP contribution in [0.3, 0.4) is 0 Å². The highest BCUT2D eigenvalue weighted by Gasteiger charge is 2.24. The first kappa shape index (κ1) is 14.6. The summed E-state index contributed by atoms with van der Waals surface area (Å²) in [5.41, 5.74) is 6.63. The zero-order chi connectivity index (χ0) is 14.0. The van der Waals surface area contributed by atoms with Crippen LogP contribution in [0, 0.1) is 6.92 Å². The fourth-order valence-corrected chi connectivity index (χ4v) is 3.92. The summed E-state index contributed by atoms with van der Waals surface area (Å²) in [7, 11) is -3.63. The smallest absolute Gasteiger partial charge is 0.241 e. The molecule has 0 amide bonds. The van der Waals surface area contributed by atoms with E-state index >= 15 is 0 Å². The summed E-state index contributed by atoms with van der Waals surface area (Å²) < 4.78 is 32.6. The second kappa shape index (κ2) is 5.66. The maximum Gasteiger partial charge on any atom is 0.241 e. The van der Waals surface area contributed by atoms with E-state index in [1.54, 1.807) is 13.0 Å². The predicted octanol–water partition coefficient (Wildman–Crippen LogP) is 1.69. The zero-order valence-electron chi connectivity index (χ0n) is 10.6. The lowest BCUT2D eigenvalue weighted by Gasteiger charge is -2.23. The van der Waals surface area contributed by atoms with Gasteiger partial charge in [-0.2, -0.15) is 0 Å². The molecule has 1 fully saturated rings. The molecule has 1 heterocycles. The van der Waals surface area contributed by atoms with Crippen molar-refractivity contribution in [1.82, 2.24) is 4.72 Å². The Kier molecular flexibility index (Phi) is 4.35. The first-order chi connectivity index (χ1) is 8.90. The van der Waals surface area contributed by atoms with Crippen LogP contribution in [0.1, 0.15) is 18.4 Å². The number of rotatable bonds is 3. The molecule has 1 aliphatic rings. The van der Waals surface area contributed by atoms with Crippen LogP contribution >= 0.6 is 11.6 Å². The Morgan fingerprint density at radius 3 is 2.84 bits per heavy atom. The van der Waals surface area contributed by atoms with Crippen LogP contribution < -0.4 is 10.5 Å². The van der Waals surface area contributed by atoms with E-state index in [4.69, 9.17) is 22.1 Å². The van der Waals surface area contributed by atoms with Gasteiger partial charge in [-0.3, -0.25) is 0 Å². The van der Waals surface area contributed by atoms with Crippen molar-refractivity contribution in [3.8, 4) is 0 Å². The van der Waals surface area contributed by atoms with Crippen molar-refractivity contribution < 1.29 is 13.2 Å². The molecular weight excluding hydrogens is 288 g/mol. The van der Waals surface area contributed by atoms with Gasteiger partial charge in [-0.15, -0.1) is 0 Å². The van der Waals surface area contributed by atoms with Crippen molar-refractivity contribution in [1.29, 1.82) is 0 Å². The number of halogens is 1. The van der Waals surface area contributed by atoms with E-state index in [9.17, 15) is 8.42 Å².